The van der Waals surface area contributed by atoms with E-state index < -0.39 is 5.97 Å². The standard InChI is InChI=1S/C9H8Cl2O4/c1-14-4-15-8-6(9(12)13)2-5(10)3-7(8)11/h2-3H,4H2,1H3,(H,12,13). The van der Waals surface area contributed by atoms with Gasteiger partial charge in [-0.3, -0.25) is 0 Å². The minimum atomic E-state index is -1.16. The third kappa shape index (κ3) is 2.99. The first-order valence-corrected chi connectivity index (χ1v) is 4.66. The number of methoxy groups -OCH3 is 1. The zero-order chi connectivity index (χ0) is 11.4. The molecule has 0 radical (unpaired) electrons. The minimum absolute atomic E-state index is 0.0513. The van der Waals surface area contributed by atoms with Crippen LogP contribution >= 0.6 is 23.2 Å². The van der Waals surface area contributed by atoms with Gasteiger partial charge in [0.15, 0.2) is 12.5 Å². The lowest BCUT2D eigenvalue weighted by Crippen LogP contribution is -2.06. The summed E-state index contributed by atoms with van der Waals surface area (Å²) in [7, 11) is 1.42. The zero-order valence-electron chi connectivity index (χ0n) is 7.79. The van der Waals surface area contributed by atoms with E-state index in [4.69, 9.17) is 33.0 Å². The summed E-state index contributed by atoms with van der Waals surface area (Å²) in [4.78, 5) is 10.9. The van der Waals surface area contributed by atoms with Gasteiger partial charge in [-0.05, 0) is 12.1 Å². The lowest BCUT2D eigenvalue weighted by atomic mass is 10.2. The number of hydrogen-bond donors (Lipinski definition) is 1. The lowest BCUT2D eigenvalue weighted by Gasteiger charge is -2.10. The number of carboxylic acids is 1. The molecule has 82 valence electrons. The Morgan fingerprint density at radius 2 is 2.13 bits per heavy atom. The monoisotopic (exact) mass is 250 g/mol. The van der Waals surface area contributed by atoms with Crippen LogP contribution in [0, 0.1) is 0 Å². The SMILES string of the molecule is COCOc1c(Cl)cc(Cl)cc1C(=O)O. The molecule has 0 bridgehead atoms. The molecule has 0 spiro atoms. The maximum Gasteiger partial charge on any atom is 0.339 e. The zero-order valence-corrected chi connectivity index (χ0v) is 9.30. The summed E-state index contributed by atoms with van der Waals surface area (Å²) >= 11 is 11.5. The highest BCUT2D eigenvalue weighted by atomic mass is 35.5. The molecule has 1 aromatic carbocycles. The van der Waals surface area contributed by atoms with Crippen LogP contribution in [-0.2, 0) is 4.74 Å². The average Bonchev–Trinajstić information content (AvgIpc) is 2.15. The van der Waals surface area contributed by atoms with Crippen molar-refractivity contribution >= 4 is 29.2 Å². The van der Waals surface area contributed by atoms with Gasteiger partial charge < -0.3 is 14.6 Å². The summed E-state index contributed by atoms with van der Waals surface area (Å²) in [5.74, 6) is -1.11. The Bertz CT molecular complexity index is 379. The molecule has 6 heteroatoms. The number of aromatic carboxylic acids is 1. The van der Waals surface area contributed by atoms with Gasteiger partial charge >= 0.3 is 5.97 Å². The Hall–Kier alpha value is -0.970. The molecule has 0 saturated heterocycles. The number of carboxylic acid groups (broad SMARTS) is 1. The van der Waals surface area contributed by atoms with Gasteiger partial charge in [0.05, 0.1) is 5.02 Å². The molecule has 0 unspecified atom stereocenters. The molecule has 1 N–H and O–H groups in total. The van der Waals surface area contributed by atoms with Crippen LogP contribution in [0.4, 0.5) is 0 Å². The second-order valence-electron chi connectivity index (χ2n) is 2.62. The molecule has 0 aliphatic carbocycles. The van der Waals surface area contributed by atoms with Crippen molar-refractivity contribution in [2.45, 2.75) is 0 Å². The fourth-order valence-corrected chi connectivity index (χ4v) is 1.53. The van der Waals surface area contributed by atoms with E-state index in [1.807, 2.05) is 0 Å². The van der Waals surface area contributed by atoms with Gasteiger partial charge in [0.2, 0.25) is 0 Å². The van der Waals surface area contributed by atoms with Gasteiger partial charge in [-0.15, -0.1) is 0 Å². The van der Waals surface area contributed by atoms with Crippen molar-refractivity contribution < 1.29 is 19.4 Å². The van der Waals surface area contributed by atoms with E-state index >= 15 is 0 Å². The molecule has 15 heavy (non-hydrogen) atoms. The molecule has 0 atom stereocenters. The molecule has 0 heterocycles. The molecule has 0 aliphatic heterocycles. The highest BCUT2D eigenvalue weighted by Crippen LogP contribution is 2.32. The van der Waals surface area contributed by atoms with Crippen molar-refractivity contribution in [1.82, 2.24) is 0 Å². The van der Waals surface area contributed by atoms with Crippen LogP contribution in [-0.4, -0.2) is 25.0 Å². The van der Waals surface area contributed by atoms with Crippen molar-refractivity contribution in [2.24, 2.45) is 0 Å². The number of hydrogen-bond acceptors (Lipinski definition) is 3. The predicted octanol–water partition coefficient (Wildman–Crippen LogP) is 2.67. The Labute approximate surface area is 96.3 Å². The van der Waals surface area contributed by atoms with E-state index in [9.17, 15) is 4.79 Å². The van der Waals surface area contributed by atoms with Crippen molar-refractivity contribution in [1.29, 1.82) is 0 Å². The van der Waals surface area contributed by atoms with Crippen molar-refractivity contribution in [3.05, 3.63) is 27.7 Å². The Kier molecular flexibility index (Phi) is 4.20. The van der Waals surface area contributed by atoms with Crippen LogP contribution < -0.4 is 4.74 Å². The fourth-order valence-electron chi connectivity index (χ4n) is 0.984. The topological polar surface area (TPSA) is 55.8 Å². The summed E-state index contributed by atoms with van der Waals surface area (Å²) in [5, 5.41) is 9.25. The average molecular weight is 251 g/mol. The van der Waals surface area contributed by atoms with E-state index in [2.05, 4.69) is 4.74 Å². The first kappa shape index (κ1) is 12.1. The Morgan fingerprint density at radius 1 is 1.47 bits per heavy atom. The minimum Gasteiger partial charge on any atom is -0.478 e. The van der Waals surface area contributed by atoms with Crippen LogP contribution in [0.25, 0.3) is 0 Å². The lowest BCUT2D eigenvalue weighted by molar-refractivity contribution is 0.0484. The fraction of sp³-hybridized carbons (Fsp3) is 0.222. The molecule has 0 amide bonds. The highest BCUT2D eigenvalue weighted by Gasteiger charge is 2.16. The second kappa shape index (κ2) is 5.21. The Balaban J connectivity index is 3.15. The summed E-state index contributed by atoms with van der Waals surface area (Å²) in [6.45, 7) is -0.0817. The summed E-state index contributed by atoms with van der Waals surface area (Å²) in [6, 6.07) is 2.67. The first-order chi connectivity index (χ1) is 7.06. The van der Waals surface area contributed by atoms with E-state index in [1.54, 1.807) is 0 Å². The predicted molar refractivity (Wildman–Crippen MR) is 55.9 cm³/mol. The number of benzene rings is 1. The first-order valence-electron chi connectivity index (χ1n) is 3.90. The van der Waals surface area contributed by atoms with Gasteiger partial charge in [-0.25, -0.2) is 4.79 Å². The summed E-state index contributed by atoms with van der Waals surface area (Å²) in [6.07, 6.45) is 0. The van der Waals surface area contributed by atoms with Crippen molar-refractivity contribution in [3.63, 3.8) is 0 Å². The van der Waals surface area contributed by atoms with Crippen molar-refractivity contribution in [3.8, 4) is 5.75 Å². The van der Waals surface area contributed by atoms with E-state index in [-0.39, 0.29) is 28.2 Å². The summed E-state index contributed by atoms with van der Waals surface area (Å²) in [5.41, 5.74) is -0.0930. The molecule has 0 fully saturated rings. The van der Waals surface area contributed by atoms with Crippen LogP contribution in [0.5, 0.6) is 5.75 Å². The van der Waals surface area contributed by atoms with Crippen LogP contribution in [0.2, 0.25) is 10.0 Å². The number of ether oxygens (including phenoxy) is 2. The number of rotatable bonds is 4. The summed E-state index contributed by atoms with van der Waals surface area (Å²) < 4.78 is 9.70. The Morgan fingerprint density at radius 3 is 2.67 bits per heavy atom. The maximum absolute atomic E-state index is 10.9. The van der Waals surface area contributed by atoms with E-state index in [1.165, 1.54) is 19.2 Å². The van der Waals surface area contributed by atoms with Crippen LogP contribution in [0.15, 0.2) is 12.1 Å². The molecule has 0 aliphatic rings. The van der Waals surface area contributed by atoms with Gasteiger partial charge in [0, 0.05) is 12.1 Å². The molecule has 1 rings (SSSR count). The van der Waals surface area contributed by atoms with Gasteiger partial charge in [-0.2, -0.15) is 0 Å². The van der Waals surface area contributed by atoms with Gasteiger partial charge in [0.1, 0.15) is 5.56 Å². The second-order valence-corrected chi connectivity index (χ2v) is 3.46. The number of halogens is 2. The normalized spacial score (nSPS) is 10.1. The van der Waals surface area contributed by atoms with E-state index in [0.717, 1.165) is 0 Å². The van der Waals surface area contributed by atoms with Gasteiger partial charge in [-0.1, -0.05) is 23.2 Å². The molecular weight excluding hydrogens is 243 g/mol. The smallest absolute Gasteiger partial charge is 0.339 e. The van der Waals surface area contributed by atoms with Crippen LogP contribution in [0.3, 0.4) is 0 Å². The molecule has 0 saturated carbocycles. The highest BCUT2D eigenvalue weighted by molar-refractivity contribution is 6.36. The quantitative estimate of drug-likeness (QED) is 0.836. The van der Waals surface area contributed by atoms with Crippen LogP contribution in [0.1, 0.15) is 10.4 Å². The van der Waals surface area contributed by atoms with E-state index in [0.29, 0.717) is 0 Å². The third-order valence-corrected chi connectivity index (χ3v) is 2.06. The molecular formula is C9H8Cl2O4. The third-order valence-electron chi connectivity index (χ3n) is 1.56. The van der Waals surface area contributed by atoms with Crippen molar-refractivity contribution in [2.75, 3.05) is 13.9 Å². The maximum atomic E-state index is 10.9. The molecule has 0 aromatic heterocycles. The number of carbonyl (C=O) groups is 1. The molecule has 1 aromatic rings. The largest absolute Gasteiger partial charge is 0.478 e. The molecule has 4 nitrogen and oxygen atoms in total. The van der Waals surface area contributed by atoms with Gasteiger partial charge in [0.25, 0.3) is 0 Å².